The molecule has 0 radical (unpaired) electrons. The zero-order valence-electron chi connectivity index (χ0n) is 10.7. The first kappa shape index (κ1) is 12.7. The molecule has 0 aromatic heterocycles. The number of hydrazine groups is 1. The lowest BCUT2D eigenvalue weighted by Gasteiger charge is -2.11. The maximum absolute atomic E-state index is 11.9. The number of nitrogens with one attached hydrogen (secondary N) is 2. The summed E-state index contributed by atoms with van der Waals surface area (Å²) in [6, 6.07) is 4.82. The molecule has 1 aromatic carbocycles. The zero-order valence-corrected chi connectivity index (χ0v) is 10.7. The Kier molecular flexibility index (Phi) is 3.42. The van der Waals surface area contributed by atoms with Crippen molar-refractivity contribution in [3.05, 3.63) is 23.8 Å². The fraction of sp³-hybridized carbons (Fsp3) is 0.385. The van der Waals surface area contributed by atoms with Gasteiger partial charge in [-0.15, -0.1) is 0 Å². The van der Waals surface area contributed by atoms with Gasteiger partial charge in [-0.3, -0.25) is 20.4 Å². The summed E-state index contributed by atoms with van der Waals surface area (Å²) in [4.78, 5) is 23.6. The van der Waals surface area contributed by atoms with Crippen molar-refractivity contribution in [3.8, 4) is 11.5 Å². The van der Waals surface area contributed by atoms with E-state index >= 15 is 0 Å². The largest absolute Gasteiger partial charge is 0.454 e. The SMILES string of the molecule is O=C(NNC(=O)[C@@H]1CCCO1)c1ccc2c(c1)OCO2. The lowest BCUT2D eigenvalue weighted by Crippen LogP contribution is -2.46. The molecule has 0 unspecified atom stereocenters. The average Bonchev–Trinajstić information content (AvgIpc) is 3.13. The number of hydrogen-bond donors (Lipinski definition) is 2. The molecule has 1 saturated heterocycles. The molecular formula is C13H14N2O5. The topological polar surface area (TPSA) is 85.9 Å². The number of benzene rings is 1. The van der Waals surface area contributed by atoms with E-state index < -0.39 is 12.0 Å². The number of hydrogen-bond acceptors (Lipinski definition) is 5. The molecule has 2 aliphatic heterocycles. The standard InChI is InChI=1S/C13H14N2O5/c16-12(14-15-13(17)10-2-1-5-18-10)8-3-4-9-11(6-8)20-7-19-9/h3-4,6,10H,1-2,5,7H2,(H,14,16)(H,15,17)/t10-/m0/s1. The Morgan fingerprint density at radius 2 is 2.00 bits per heavy atom. The van der Waals surface area contributed by atoms with Crippen LogP contribution in [0.4, 0.5) is 0 Å². The molecule has 0 spiro atoms. The third-order valence-corrected chi connectivity index (χ3v) is 3.16. The first-order valence-electron chi connectivity index (χ1n) is 6.35. The Morgan fingerprint density at radius 3 is 2.80 bits per heavy atom. The Balaban J connectivity index is 1.57. The molecule has 1 atom stereocenters. The Labute approximate surface area is 115 Å². The maximum atomic E-state index is 11.9. The van der Waals surface area contributed by atoms with Crippen LogP contribution in [0.3, 0.4) is 0 Å². The summed E-state index contributed by atoms with van der Waals surface area (Å²) in [5, 5.41) is 0. The minimum Gasteiger partial charge on any atom is -0.454 e. The first-order chi connectivity index (χ1) is 9.74. The van der Waals surface area contributed by atoms with Crippen molar-refractivity contribution in [2.24, 2.45) is 0 Å². The van der Waals surface area contributed by atoms with Crippen LogP contribution in [0.5, 0.6) is 11.5 Å². The number of rotatable bonds is 2. The normalized spacial score (nSPS) is 19.7. The number of fused-ring (bicyclic) bond motifs is 1. The summed E-state index contributed by atoms with van der Waals surface area (Å²) in [5.41, 5.74) is 5.08. The second-order valence-corrected chi connectivity index (χ2v) is 4.51. The van der Waals surface area contributed by atoms with Gasteiger partial charge < -0.3 is 14.2 Å². The zero-order chi connectivity index (χ0) is 13.9. The van der Waals surface area contributed by atoms with Crippen LogP contribution in [0.15, 0.2) is 18.2 Å². The van der Waals surface area contributed by atoms with Crippen LogP contribution in [0.1, 0.15) is 23.2 Å². The number of carbonyl (C=O) groups is 2. The van der Waals surface area contributed by atoms with Gasteiger partial charge in [-0.05, 0) is 31.0 Å². The molecule has 2 heterocycles. The molecule has 2 aliphatic rings. The van der Waals surface area contributed by atoms with Crippen LogP contribution in [-0.4, -0.2) is 31.3 Å². The third kappa shape index (κ3) is 2.53. The van der Waals surface area contributed by atoms with Gasteiger partial charge in [-0.1, -0.05) is 0 Å². The van der Waals surface area contributed by atoms with Crippen LogP contribution < -0.4 is 20.3 Å². The summed E-state index contributed by atoms with van der Waals surface area (Å²) in [5.74, 6) is 0.360. The van der Waals surface area contributed by atoms with Crippen molar-refractivity contribution in [1.82, 2.24) is 10.9 Å². The van der Waals surface area contributed by atoms with Crippen LogP contribution in [-0.2, 0) is 9.53 Å². The van der Waals surface area contributed by atoms with E-state index in [4.69, 9.17) is 14.2 Å². The Bertz CT molecular complexity index is 540. The van der Waals surface area contributed by atoms with Gasteiger partial charge in [0.1, 0.15) is 6.10 Å². The van der Waals surface area contributed by atoms with Crippen molar-refractivity contribution in [3.63, 3.8) is 0 Å². The molecule has 2 amide bonds. The van der Waals surface area contributed by atoms with Crippen LogP contribution in [0.25, 0.3) is 0 Å². The van der Waals surface area contributed by atoms with E-state index in [-0.39, 0.29) is 12.7 Å². The van der Waals surface area contributed by atoms with E-state index in [1.54, 1.807) is 18.2 Å². The van der Waals surface area contributed by atoms with Crippen molar-refractivity contribution in [2.45, 2.75) is 18.9 Å². The highest BCUT2D eigenvalue weighted by molar-refractivity contribution is 5.96. The second kappa shape index (κ2) is 5.38. The lowest BCUT2D eigenvalue weighted by molar-refractivity contribution is -0.130. The molecule has 106 valence electrons. The molecule has 0 saturated carbocycles. The molecule has 1 aromatic rings. The van der Waals surface area contributed by atoms with Crippen molar-refractivity contribution in [1.29, 1.82) is 0 Å². The number of ether oxygens (including phenoxy) is 3. The minimum absolute atomic E-state index is 0.149. The first-order valence-corrected chi connectivity index (χ1v) is 6.35. The summed E-state index contributed by atoms with van der Waals surface area (Å²) in [6.07, 6.45) is 1.05. The lowest BCUT2D eigenvalue weighted by atomic mass is 10.2. The van der Waals surface area contributed by atoms with Crippen LogP contribution >= 0.6 is 0 Å². The molecule has 7 nitrogen and oxygen atoms in total. The summed E-state index contributed by atoms with van der Waals surface area (Å²) in [6.45, 7) is 0.727. The van der Waals surface area contributed by atoms with Gasteiger partial charge in [0.2, 0.25) is 6.79 Å². The Hall–Kier alpha value is -2.28. The van der Waals surface area contributed by atoms with E-state index in [1.807, 2.05) is 0 Å². The summed E-state index contributed by atoms with van der Waals surface area (Å²) >= 11 is 0. The molecule has 1 fully saturated rings. The van der Waals surface area contributed by atoms with Gasteiger partial charge in [-0.2, -0.15) is 0 Å². The summed E-state index contributed by atoms with van der Waals surface area (Å²) in [7, 11) is 0. The molecule has 3 rings (SSSR count). The van der Waals surface area contributed by atoms with Crippen molar-refractivity contribution in [2.75, 3.05) is 13.4 Å². The molecule has 20 heavy (non-hydrogen) atoms. The van der Waals surface area contributed by atoms with E-state index in [0.29, 0.717) is 30.1 Å². The quantitative estimate of drug-likeness (QED) is 0.763. The van der Waals surface area contributed by atoms with Gasteiger partial charge in [0.15, 0.2) is 11.5 Å². The second-order valence-electron chi connectivity index (χ2n) is 4.51. The Morgan fingerprint density at radius 1 is 1.15 bits per heavy atom. The fourth-order valence-electron chi connectivity index (χ4n) is 2.09. The summed E-state index contributed by atoms with van der Waals surface area (Å²) < 4.78 is 15.6. The van der Waals surface area contributed by atoms with E-state index in [1.165, 1.54) is 0 Å². The number of carbonyl (C=O) groups excluding carboxylic acids is 2. The monoisotopic (exact) mass is 278 g/mol. The van der Waals surface area contributed by atoms with E-state index in [0.717, 1.165) is 6.42 Å². The van der Waals surface area contributed by atoms with Crippen LogP contribution in [0, 0.1) is 0 Å². The molecule has 0 bridgehead atoms. The van der Waals surface area contributed by atoms with E-state index in [9.17, 15) is 9.59 Å². The third-order valence-electron chi connectivity index (χ3n) is 3.16. The minimum atomic E-state index is -0.480. The molecule has 0 aliphatic carbocycles. The molecular weight excluding hydrogens is 264 g/mol. The molecule has 2 N–H and O–H groups in total. The maximum Gasteiger partial charge on any atom is 0.269 e. The van der Waals surface area contributed by atoms with Gasteiger partial charge in [-0.25, -0.2) is 0 Å². The van der Waals surface area contributed by atoms with Gasteiger partial charge in [0, 0.05) is 12.2 Å². The van der Waals surface area contributed by atoms with Crippen molar-refractivity contribution < 1.29 is 23.8 Å². The van der Waals surface area contributed by atoms with Gasteiger partial charge in [0.05, 0.1) is 0 Å². The van der Waals surface area contributed by atoms with Gasteiger partial charge >= 0.3 is 0 Å². The smallest absolute Gasteiger partial charge is 0.269 e. The highest BCUT2D eigenvalue weighted by Crippen LogP contribution is 2.32. The predicted molar refractivity (Wildman–Crippen MR) is 67.1 cm³/mol. The highest BCUT2D eigenvalue weighted by atomic mass is 16.7. The fourth-order valence-corrected chi connectivity index (χ4v) is 2.09. The number of amides is 2. The highest BCUT2D eigenvalue weighted by Gasteiger charge is 2.24. The van der Waals surface area contributed by atoms with Crippen molar-refractivity contribution >= 4 is 11.8 Å². The van der Waals surface area contributed by atoms with E-state index in [2.05, 4.69) is 10.9 Å². The molecule has 7 heteroatoms. The van der Waals surface area contributed by atoms with Crippen LogP contribution in [0.2, 0.25) is 0 Å². The average molecular weight is 278 g/mol. The van der Waals surface area contributed by atoms with Gasteiger partial charge in [0.25, 0.3) is 11.8 Å². The predicted octanol–water partition coefficient (Wildman–Crippen LogP) is 0.355.